The van der Waals surface area contributed by atoms with Gasteiger partial charge in [0.25, 0.3) is 0 Å². The van der Waals surface area contributed by atoms with E-state index in [0.717, 1.165) is 23.9 Å². The highest BCUT2D eigenvalue weighted by atomic mass is 79.9. The van der Waals surface area contributed by atoms with E-state index in [4.69, 9.17) is 0 Å². The van der Waals surface area contributed by atoms with Crippen molar-refractivity contribution >= 4 is 26.0 Å². The van der Waals surface area contributed by atoms with Gasteiger partial charge in [0.15, 0.2) is 0 Å². The maximum absolute atomic E-state index is 10.9. The number of sulfonamides is 1. The van der Waals surface area contributed by atoms with Crippen molar-refractivity contribution in [3.63, 3.8) is 0 Å². The van der Waals surface area contributed by atoms with Gasteiger partial charge in [-0.05, 0) is 37.1 Å². The van der Waals surface area contributed by atoms with Crippen LogP contribution in [0.25, 0.3) is 0 Å². The van der Waals surface area contributed by atoms with Crippen LogP contribution in [0.4, 0.5) is 0 Å². The summed E-state index contributed by atoms with van der Waals surface area (Å²) in [5.74, 6) is 0. The molecule has 1 aromatic rings. The van der Waals surface area contributed by atoms with E-state index in [2.05, 4.69) is 45.0 Å². The summed E-state index contributed by atoms with van der Waals surface area (Å²) in [6, 6.07) is 8.54. The van der Waals surface area contributed by atoms with Gasteiger partial charge >= 0.3 is 0 Å². The molecule has 2 N–H and O–H groups in total. The Hall–Kier alpha value is -0.430. The van der Waals surface area contributed by atoms with E-state index in [0.29, 0.717) is 12.6 Å². The monoisotopic (exact) mass is 348 g/mol. The molecular weight excluding hydrogens is 328 g/mol. The lowest BCUT2D eigenvalue weighted by molar-refractivity contribution is 0.507. The van der Waals surface area contributed by atoms with Crippen molar-refractivity contribution in [3.8, 4) is 0 Å². The lowest BCUT2D eigenvalue weighted by Crippen LogP contribution is -2.28. The summed E-state index contributed by atoms with van der Waals surface area (Å²) in [7, 11) is -3.07. The number of halogens is 1. The Morgan fingerprint density at radius 2 is 2.05 bits per heavy atom. The Labute approximate surface area is 124 Å². The van der Waals surface area contributed by atoms with Gasteiger partial charge in [0.05, 0.1) is 6.26 Å². The Balaban J connectivity index is 2.37. The molecule has 0 amide bonds. The largest absolute Gasteiger partial charge is 0.310 e. The first-order valence-electron chi connectivity index (χ1n) is 6.36. The van der Waals surface area contributed by atoms with Crippen molar-refractivity contribution < 1.29 is 8.42 Å². The second kappa shape index (κ2) is 7.99. The molecule has 0 spiro atoms. The van der Waals surface area contributed by atoms with Gasteiger partial charge in [-0.25, -0.2) is 13.1 Å². The molecule has 19 heavy (non-hydrogen) atoms. The maximum Gasteiger partial charge on any atom is 0.208 e. The van der Waals surface area contributed by atoms with Gasteiger partial charge < -0.3 is 5.32 Å². The summed E-state index contributed by atoms with van der Waals surface area (Å²) < 4.78 is 25.4. The number of benzene rings is 1. The topological polar surface area (TPSA) is 58.2 Å². The first-order valence-corrected chi connectivity index (χ1v) is 9.04. The van der Waals surface area contributed by atoms with Gasteiger partial charge in [-0.15, -0.1) is 0 Å². The zero-order valence-electron chi connectivity index (χ0n) is 11.3. The SMILES string of the molecule is CCC(NCCCNS(C)(=O)=O)c1cccc(Br)c1. The van der Waals surface area contributed by atoms with Gasteiger partial charge in [0.2, 0.25) is 10.0 Å². The van der Waals surface area contributed by atoms with E-state index in [1.54, 1.807) is 0 Å². The van der Waals surface area contributed by atoms with E-state index < -0.39 is 10.0 Å². The van der Waals surface area contributed by atoms with Crippen molar-refractivity contribution in [2.45, 2.75) is 25.8 Å². The number of hydrogen-bond donors (Lipinski definition) is 2. The summed E-state index contributed by atoms with van der Waals surface area (Å²) in [5, 5.41) is 3.44. The van der Waals surface area contributed by atoms with E-state index in [1.807, 2.05) is 12.1 Å². The Kier molecular flexibility index (Phi) is 6.99. The molecular formula is C13H21BrN2O2S. The second-order valence-corrected chi connectivity index (χ2v) is 7.24. The van der Waals surface area contributed by atoms with Crippen molar-refractivity contribution in [3.05, 3.63) is 34.3 Å². The molecule has 4 nitrogen and oxygen atoms in total. The lowest BCUT2D eigenvalue weighted by atomic mass is 10.0. The third-order valence-electron chi connectivity index (χ3n) is 2.77. The van der Waals surface area contributed by atoms with Crippen molar-refractivity contribution in [1.29, 1.82) is 0 Å². The smallest absolute Gasteiger partial charge is 0.208 e. The van der Waals surface area contributed by atoms with Gasteiger partial charge in [0.1, 0.15) is 0 Å². The lowest BCUT2D eigenvalue weighted by Gasteiger charge is -2.17. The number of nitrogens with one attached hydrogen (secondary N) is 2. The second-order valence-electron chi connectivity index (χ2n) is 4.49. The van der Waals surface area contributed by atoms with E-state index in [1.165, 1.54) is 11.8 Å². The Bertz CT molecular complexity index is 491. The summed E-state index contributed by atoms with van der Waals surface area (Å²) in [6.07, 6.45) is 2.95. The maximum atomic E-state index is 10.9. The Morgan fingerprint density at radius 3 is 2.63 bits per heavy atom. The van der Waals surface area contributed by atoms with Crippen LogP contribution >= 0.6 is 15.9 Å². The fourth-order valence-electron chi connectivity index (χ4n) is 1.84. The number of rotatable bonds is 8. The molecule has 1 aromatic carbocycles. The zero-order valence-corrected chi connectivity index (χ0v) is 13.7. The van der Waals surface area contributed by atoms with Crippen LogP contribution in [0.1, 0.15) is 31.4 Å². The third kappa shape index (κ3) is 7.06. The van der Waals surface area contributed by atoms with Crippen LogP contribution in [0.15, 0.2) is 28.7 Å². The highest BCUT2D eigenvalue weighted by Gasteiger charge is 2.08. The predicted octanol–water partition coefficient (Wildman–Crippen LogP) is 2.43. The van der Waals surface area contributed by atoms with E-state index in [-0.39, 0.29) is 0 Å². The summed E-state index contributed by atoms with van der Waals surface area (Å²) in [5.41, 5.74) is 1.24. The predicted molar refractivity (Wildman–Crippen MR) is 82.6 cm³/mol. The Morgan fingerprint density at radius 1 is 1.32 bits per heavy atom. The molecule has 1 atom stereocenters. The van der Waals surface area contributed by atoms with E-state index >= 15 is 0 Å². The van der Waals surface area contributed by atoms with Gasteiger partial charge in [-0.1, -0.05) is 35.0 Å². The molecule has 1 unspecified atom stereocenters. The summed E-state index contributed by atoms with van der Waals surface area (Å²) in [6.45, 7) is 3.39. The molecule has 0 aliphatic rings. The summed E-state index contributed by atoms with van der Waals surface area (Å²) >= 11 is 3.47. The molecule has 0 fully saturated rings. The van der Waals surface area contributed by atoms with Crippen molar-refractivity contribution in [2.24, 2.45) is 0 Å². The van der Waals surface area contributed by atoms with Crippen LogP contribution in [0, 0.1) is 0 Å². The molecule has 0 saturated heterocycles. The minimum absolute atomic E-state index is 0.302. The average molecular weight is 349 g/mol. The highest BCUT2D eigenvalue weighted by molar-refractivity contribution is 9.10. The average Bonchev–Trinajstić information content (AvgIpc) is 2.32. The molecule has 0 aliphatic heterocycles. The summed E-state index contributed by atoms with van der Waals surface area (Å²) in [4.78, 5) is 0. The van der Waals surface area contributed by atoms with Crippen molar-refractivity contribution in [2.75, 3.05) is 19.3 Å². The fraction of sp³-hybridized carbons (Fsp3) is 0.538. The van der Waals surface area contributed by atoms with Crippen LogP contribution in [-0.4, -0.2) is 27.8 Å². The van der Waals surface area contributed by atoms with Crippen LogP contribution in [0.5, 0.6) is 0 Å². The normalized spacial score (nSPS) is 13.4. The number of hydrogen-bond acceptors (Lipinski definition) is 3. The molecule has 1 rings (SSSR count). The first-order chi connectivity index (χ1) is 8.92. The van der Waals surface area contributed by atoms with Crippen LogP contribution in [0.2, 0.25) is 0 Å². The van der Waals surface area contributed by atoms with Crippen LogP contribution < -0.4 is 10.0 Å². The molecule has 0 aromatic heterocycles. The minimum atomic E-state index is -3.07. The van der Waals surface area contributed by atoms with Crippen LogP contribution in [0.3, 0.4) is 0 Å². The molecule has 0 saturated carbocycles. The first kappa shape index (κ1) is 16.6. The minimum Gasteiger partial charge on any atom is -0.310 e. The van der Waals surface area contributed by atoms with Crippen molar-refractivity contribution in [1.82, 2.24) is 10.0 Å². The standard InChI is InChI=1S/C13H21BrN2O2S/c1-3-13(11-6-4-7-12(14)10-11)15-8-5-9-16-19(2,17)18/h4,6-7,10,13,15-16H,3,5,8-9H2,1-2H3. The molecule has 0 bridgehead atoms. The van der Waals surface area contributed by atoms with Crippen LogP contribution in [-0.2, 0) is 10.0 Å². The molecule has 108 valence electrons. The molecule has 0 heterocycles. The zero-order chi connectivity index (χ0) is 14.3. The third-order valence-corrected chi connectivity index (χ3v) is 3.99. The quantitative estimate of drug-likeness (QED) is 0.709. The molecule has 6 heteroatoms. The molecule has 0 radical (unpaired) electrons. The fourth-order valence-corrected chi connectivity index (χ4v) is 2.78. The van der Waals surface area contributed by atoms with E-state index in [9.17, 15) is 8.42 Å². The highest BCUT2D eigenvalue weighted by Crippen LogP contribution is 2.20. The van der Waals surface area contributed by atoms with Gasteiger partial charge in [0, 0.05) is 17.1 Å². The van der Waals surface area contributed by atoms with Gasteiger partial charge in [-0.2, -0.15) is 0 Å². The molecule has 0 aliphatic carbocycles. The van der Waals surface area contributed by atoms with Gasteiger partial charge in [-0.3, -0.25) is 0 Å².